The third kappa shape index (κ3) is 2.14. The summed E-state index contributed by atoms with van der Waals surface area (Å²) in [4.78, 5) is 16.6. The molecule has 2 aromatic rings. The van der Waals surface area contributed by atoms with Crippen LogP contribution in [0.3, 0.4) is 0 Å². The smallest absolute Gasteiger partial charge is 0.232 e. The number of methoxy groups -OCH3 is 1. The van der Waals surface area contributed by atoms with Gasteiger partial charge in [0.1, 0.15) is 5.75 Å². The molecule has 0 aliphatic carbocycles. The molecular weight excluding hydrogens is 228 g/mol. The van der Waals surface area contributed by atoms with Gasteiger partial charge in [-0.05, 0) is 26.0 Å². The number of aryl methyl sites for hydroxylation is 2. The molecule has 1 aromatic heterocycles. The van der Waals surface area contributed by atoms with E-state index in [1.165, 1.54) is 0 Å². The summed E-state index contributed by atoms with van der Waals surface area (Å²) in [6.45, 7) is 4.64. The largest absolute Gasteiger partial charge is 0.496 e. The first-order valence-corrected chi connectivity index (χ1v) is 5.87. The molecule has 0 spiro atoms. The van der Waals surface area contributed by atoms with Gasteiger partial charge in [0, 0.05) is 18.9 Å². The van der Waals surface area contributed by atoms with E-state index in [1.54, 1.807) is 19.5 Å². The van der Waals surface area contributed by atoms with Gasteiger partial charge in [-0.15, -0.1) is 0 Å². The molecule has 1 heterocycles. The zero-order valence-corrected chi connectivity index (χ0v) is 10.8. The van der Waals surface area contributed by atoms with Gasteiger partial charge < -0.3 is 9.30 Å². The molecule has 2 rings (SSSR count). The first-order valence-electron chi connectivity index (χ1n) is 5.87. The van der Waals surface area contributed by atoms with E-state index in [2.05, 4.69) is 4.98 Å². The Morgan fingerprint density at radius 2 is 2.22 bits per heavy atom. The Morgan fingerprint density at radius 3 is 2.89 bits per heavy atom. The SMILES string of the molecule is CCn1ccnc1C(=O)c1cc(C)ccc1OC. The number of aromatic nitrogens is 2. The monoisotopic (exact) mass is 244 g/mol. The van der Waals surface area contributed by atoms with E-state index < -0.39 is 0 Å². The Kier molecular flexibility index (Phi) is 3.46. The molecular formula is C14H16N2O2. The van der Waals surface area contributed by atoms with Gasteiger partial charge in [0.25, 0.3) is 0 Å². The van der Waals surface area contributed by atoms with Gasteiger partial charge in [-0.25, -0.2) is 4.98 Å². The van der Waals surface area contributed by atoms with Crippen molar-refractivity contribution in [3.8, 4) is 5.75 Å². The molecule has 0 saturated carbocycles. The first kappa shape index (κ1) is 12.4. The highest BCUT2D eigenvalue weighted by Crippen LogP contribution is 2.22. The van der Waals surface area contributed by atoms with E-state index in [1.807, 2.05) is 36.6 Å². The summed E-state index contributed by atoms with van der Waals surface area (Å²) in [6, 6.07) is 5.56. The topological polar surface area (TPSA) is 44.1 Å². The summed E-state index contributed by atoms with van der Waals surface area (Å²) in [5.74, 6) is 0.917. The molecule has 0 N–H and O–H groups in total. The molecule has 1 aromatic carbocycles. The van der Waals surface area contributed by atoms with E-state index in [0.29, 0.717) is 17.1 Å². The third-order valence-corrected chi connectivity index (χ3v) is 2.86. The fourth-order valence-corrected chi connectivity index (χ4v) is 1.89. The zero-order valence-electron chi connectivity index (χ0n) is 10.8. The molecule has 0 unspecified atom stereocenters. The fraction of sp³-hybridized carbons (Fsp3) is 0.286. The van der Waals surface area contributed by atoms with E-state index in [9.17, 15) is 4.79 Å². The van der Waals surface area contributed by atoms with Crippen LogP contribution in [-0.4, -0.2) is 22.4 Å². The van der Waals surface area contributed by atoms with Gasteiger partial charge in [0.2, 0.25) is 5.78 Å². The third-order valence-electron chi connectivity index (χ3n) is 2.86. The Hall–Kier alpha value is -2.10. The average molecular weight is 244 g/mol. The zero-order chi connectivity index (χ0) is 13.1. The van der Waals surface area contributed by atoms with E-state index in [0.717, 1.165) is 12.1 Å². The lowest BCUT2D eigenvalue weighted by atomic mass is 10.1. The lowest BCUT2D eigenvalue weighted by molar-refractivity contribution is 0.102. The number of imidazole rings is 1. The molecule has 4 heteroatoms. The van der Waals surface area contributed by atoms with E-state index >= 15 is 0 Å². The number of carbonyl (C=O) groups excluding carboxylic acids is 1. The maximum Gasteiger partial charge on any atom is 0.232 e. The van der Waals surface area contributed by atoms with Crippen molar-refractivity contribution in [3.05, 3.63) is 47.5 Å². The number of ether oxygens (including phenoxy) is 1. The Bertz CT molecular complexity index is 573. The number of hydrogen-bond acceptors (Lipinski definition) is 3. The standard InChI is InChI=1S/C14H16N2O2/c1-4-16-8-7-15-14(16)13(17)11-9-10(2)5-6-12(11)18-3/h5-9H,4H2,1-3H3. The van der Waals surface area contributed by atoms with Crippen LogP contribution in [0.25, 0.3) is 0 Å². The number of carbonyl (C=O) groups is 1. The minimum absolute atomic E-state index is 0.109. The van der Waals surface area contributed by atoms with Crippen molar-refractivity contribution in [1.29, 1.82) is 0 Å². The molecule has 0 bridgehead atoms. The highest BCUT2D eigenvalue weighted by molar-refractivity contribution is 6.08. The van der Waals surface area contributed by atoms with E-state index in [-0.39, 0.29) is 5.78 Å². The van der Waals surface area contributed by atoms with Crippen molar-refractivity contribution in [2.24, 2.45) is 0 Å². The van der Waals surface area contributed by atoms with Crippen LogP contribution in [0.2, 0.25) is 0 Å². The first-order chi connectivity index (χ1) is 8.67. The maximum absolute atomic E-state index is 12.5. The number of ketones is 1. The predicted molar refractivity (Wildman–Crippen MR) is 69.1 cm³/mol. The molecule has 0 amide bonds. The molecule has 0 atom stereocenters. The van der Waals surface area contributed by atoms with Gasteiger partial charge in [-0.2, -0.15) is 0 Å². The fourth-order valence-electron chi connectivity index (χ4n) is 1.89. The second kappa shape index (κ2) is 5.04. The van der Waals surface area contributed by atoms with Crippen LogP contribution in [0, 0.1) is 6.92 Å². The predicted octanol–water partition coefficient (Wildman–Crippen LogP) is 2.45. The average Bonchev–Trinajstić information content (AvgIpc) is 2.86. The van der Waals surface area contributed by atoms with Crippen LogP contribution < -0.4 is 4.74 Å². The maximum atomic E-state index is 12.5. The number of nitrogens with zero attached hydrogens (tertiary/aromatic N) is 2. The Morgan fingerprint density at radius 1 is 1.44 bits per heavy atom. The minimum Gasteiger partial charge on any atom is -0.496 e. The van der Waals surface area contributed by atoms with Gasteiger partial charge in [0.05, 0.1) is 12.7 Å². The van der Waals surface area contributed by atoms with Crippen LogP contribution in [0.1, 0.15) is 28.7 Å². The Labute approximate surface area is 106 Å². The summed E-state index contributed by atoms with van der Waals surface area (Å²) < 4.78 is 7.06. The number of rotatable bonds is 4. The quantitative estimate of drug-likeness (QED) is 0.776. The summed E-state index contributed by atoms with van der Waals surface area (Å²) in [5, 5.41) is 0. The van der Waals surface area contributed by atoms with Crippen molar-refractivity contribution in [2.45, 2.75) is 20.4 Å². The van der Waals surface area contributed by atoms with Crippen molar-refractivity contribution >= 4 is 5.78 Å². The van der Waals surface area contributed by atoms with Crippen molar-refractivity contribution in [3.63, 3.8) is 0 Å². The molecule has 0 saturated heterocycles. The number of hydrogen-bond donors (Lipinski definition) is 0. The summed E-state index contributed by atoms with van der Waals surface area (Å²) >= 11 is 0. The van der Waals surface area contributed by atoms with Crippen molar-refractivity contribution in [2.75, 3.05) is 7.11 Å². The molecule has 0 aliphatic heterocycles. The van der Waals surface area contributed by atoms with E-state index in [4.69, 9.17) is 4.74 Å². The molecule has 0 radical (unpaired) electrons. The summed E-state index contributed by atoms with van der Waals surface area (Å²) in [6.07, 6.45) is 3.44. The van der Waals surface area contributed by atoms with Crippen LogP contribution in [0.5, 0.6) is 5.75 Å². The van der Waals surface area contributed by atoms with Crippen LogP contribution in [0.15, 0.2) is 30.6 Å². The molecule has 94 valence electrons. The van der Waals surface area contributed by atoms with Gasteiger partial charge in [-0.3, -0.25) is 4.79 Å². The lowest BCUT2D eigenvalue weighted by Gasteiger charge is -2.09. The second-order valence-corrected chi connectivity index (χ2v) is 4.07. The van der Waals surface area contributed by atoms with Gasteiger partial charge in [-0.1, -0.05) is 11.6 Å². The Balaban J connectivity index is 2.48. The highest BCUT2D eigenvalue weighted by Gasteiger charge is 2.18. The van der Waals surface area contributed by atoms with Crippen molar-refractivity contribution in [1.82, 2.24) is 9.55 Å². The molecule has 4 nitrogen and oxygen atoms in total. The summed E-state index contributed by atoms with van der Waals surface area (Å²) in [7, 11) is 1.56. The second-order valence-electron chi connectivity index (χ2n) is 4.07. The molecule has 0 fully saturated rings. The minimum atomic E-state index is -0.109. The lowest BCUT2D eigenvalue weighted by Crippen LogP contribution is -2.11. The van der Waals surface area contributed by atoms with Gasteiger partial charge in [0.15, 0.2) is 5.82 Å². The number of benzene rings is 1. The van der Waals surface area contributed by atoms with Gasteiger partial charge >= 0.3 is 0 Å². The van der Waals surface area contributed by atoms with Crippen LogP contribution in [-0.2, 0) is 6.54 Å². The van der Waals surface area contributed by atoms with Crippen LogP contribution >= 0.6 is 0 Å². The van der Waals surface area contributed by atoms with Crippen molar-refractivity contribution < 1.29 is 9.53 Å². The summed E-state index contributed by atoms with van der Waals surface area (Å²) in [5.41, 5.74) is 1.58. The normalized spacial score (nSPS) is 10.4. The van der Waals surface area contributed by atoms with Crippen LogP contribution in [0.4, 0.5) is 0 Å². The molecule has 0 aliphatic rings. The molecule has 18 heavy (non-hydrogen) atoms. The highest BCUT2D eigenvalue weighted by atomic mass is 16.5.